The smallest absolute Gasteiger partial charge is 0.354 e. The Morgan fingerprint density at radius 1 is 1.33 bits per heavy atom. The van der Waals surface area contributed by atoms with Crippen molar-refractivity contribution < 1.29 is 19.4 Å². The molecule has 0 aromatic carbocycles. The molecule has 1 aromatic heterocycles. The third-order valence-corrected chi connectivity index (χ3v) is 2.10. The number of aromatic nitrogens is 1. The van der Waals surface area contributed by atoms with Crippen molar-refractivity contribution in [2.45, 2.75) is 20.5 Å². The third-order valence-electron chi connectivity index (χ3n) is 2.10. The molecule has 0 saturated heterocycles. The molecule has 0 radical (unpaired) electrons. The summed E-state index contributed by atoms with van der Waals surface area (Å²) >= 11 is 0. The largest absolute Gasteiger partial charge is 0.477 e. The molecule has 0 bridgehead atoms. The predicted molar refractivity (Wildman–Crippen MR) is 66.5 cm³/mol. The van der Waals surface area contributed by atoms with Crippen LogP contribution in [0.2, 0.25) is 0 Å². The molecule has 0 atom stereocenters. The lowest BCUT2D eigenvalue weighted by atomic mass is 10.2. The summed E-state index contributed by atoms with van der Waals surface area (Å²) in [6.45, 7) is 6.20. The van der Waals surface area contributed by atoms with Crippen molar-refractivity contribution in [1.82, 2.24) is 4.98 Å². The Bertz CT molecular complexity index is 379. The first-order valence-corrected chi connectivity index (χ1v) is 5.94. The number of nitrogens with zero attached hydrogens (tertiary/aromatic N) is 1. The second-order valence-electron chi connectivity index (χ2n) is 4.34. The Morgan fingerprint density at radius 3 is 2.72 bits per heavy atom. The van der Waals surface area contributed by atoms with E-state index in [0.29, 0.717) is 31.4 Å². The SMILES string of the molecule is CC(C)COCCOCc1cccc(C(=O)O)n1. The molecule has 0 spiro atoms. The Hall–Kier alpha value is -1.46. The first kappa shape index (κ1) is 14.6. The molecule has 5 nitrogen and oxygen atoms in total. The highest BCUT2D eigenvalue weighted by Crippen LogP contribution is 2.01. The Kier molecular flexibility index (Phi) is 6.32. The van der Waals surface area contributed by atoms with Crippen LogP contribution < -0.4 is 0 Å². The maximum absolute atomic E-state index is 10.7. The van der Waals surface area contributed by atoms with Crippen molar-refractivity contribution in [1.29, 1.82) is 0 Å². The summed E-state index contributed by atoms with van der Waals surface area (Å²) in [6, 6.07) is 4.85. The normalized spacial score (nSPS) is 10.8. The van der Waals surface area contributed by atoms with Crippen LogP contribution in [0, 0.1) is 5.92 Å². The molecule has 0 fully saturated rings. The number of hydrogen-bond donors (Lipinski definition) is 1. The summed E-state index contributed by atoms with van der Waals surface area (Å²) < 4.78 is 10.7. The summed E-state index contributed by atoms with van der Waals surface area (Å²) in [5, 5.41) is 8.78. The van der Waals surface area contributed by atoms with E-state index >= 15 is 0 Å². The number of hydrogen-bond acceptors (Lipinski definition) is 4. The molecule has 0 aliphatic rings. The van der Waals surface area contributed by atoms with Crippen LogP contribution in [0.25, 0.3) is 0 Å². The van der Waals surface area contributed by atoms with E-state index in [0.717, 1.165) is 6.61 Å². The van der Waals surface area contributed by atoms with Crippen LogP contribution in [0.1, 0.15) is 30.0 Å². The van der Waals surface area contributed by atoms with Crippen molar-refractivity contribution in [2.75, 3.05) is 19.8 Å². The predicted octanol–water partition coefficient (Wildman–Crippen LogP) is 1.97. The number of aromatic carboxylic acids is 1. The van der Waals surface area contributed by atoms with E-state index < -0.39 is 5.97 Å². The molecule has 0 saturated carbocycles. The maximum atomic E-state index is 10.7. The van der Waals surface area contributed by atoms with Gasteiger partial charge in [0.1, 0.15) is 5.69 Å². The highest BCUT2D eigenvalue weighted by molar-refractivity contribution is 5.85. The summed E-state index contributed by atoms with van der Waals surface area (Å²) in [4.78, 5) is 14.7. The second kappa shape index (κ2) is 7.79. The zero-order valence-electron chi connectivity index (χ0n) is 10.8. The van der Waals surface area contributed by atoms with Gasteiger partial charge in [-0.15, -0.1) is 0 Å². The number of ether oxygens (including phenoxy) is 2. The van der Waals surface area contributed by atoms with E-state index in [-0.39, 0.29) is 5.69 Å². The lowest BCUT2D eigenvalue weighted by molar-refractivity contribution is 0.0304. The molecule has 0 unspecified atom stereocenters. The molecule has 100 valence electrons. The summed E-state index contributed by atoms with van der Waals surface area (Å²) in [6.07, 6.45) is 0. The second-order valence-corrected chi connectivity index (χ2v) is 4.34. The van der Waals surface area contributed by atoms with Gasteiger partial charge in [-0.25, -0.2) is 9.78 Å². The van der Waals surface area contributed by atoms with Crippen LogP contribution in [-0.4, -0.2) is 35.9 Å². The average molecular weight is 253 g/mol. The van der Waals surface area contributed by atoms with E-state index in [1.807, 2.05) is 0 Å². The Balaban J connectivity index is 2.23. The van der Waals surface area contributed by atoms with Crippen LogP contribution >= 0.6 is 0 Å². The lowest BCUT2D eigenvalue weighted by Gasteiger charge is -2.07. The fourth-order valence-corrected chi connectivity index (χ4v) is 1.29. The van der Waals surface area contributed by atoms with Gasteiger partial charge in [-0.3, -0.25) is 0 Å². The van der Waals surface area contributed by atoms with E-state index in [4.69, 9.17) is 14.6 Å². The fourth-order valence-electron chi connectivity index (χ4n) is 1.29. The zero-order chi connectivity index (χ0) is 13.4. The van der Waals surface area contributed by atoms with Gasteiger partial charge in [0.2, 0.25) is 0 Å². The number of carboxylic acid groups (broad SMARTS) is 1. The molecule has 5 heteroatoms. The van der Waals surface area contributed by atoms with Gasteiger partial charge < -0.3 is 14.6 Å². The maximum Gasteiger partial charge on any atom is 0.354 e. The minimum Gasteiger partial charge on any atom is -0.477 e. The minimum atomic E-state index is -1.03. The van der Waals surface area contributed by atoms with Gasteiger partial charge >= 0.3 is 5.97 Å². The molecule has 1 N–H and O–H groups in total. The number of carboxylic acids is 1. The first-order chi connectivity index (χ1) is 8.59. The highest BCUT2D eigenvalue weighted by atomic mass is 16.5. The molecule has 1 aromatic rings. The van der Waals surface area contributed by atoms with Crippen molar-refractivity contribution in [3.63, 3.8) is 0 Å². The molecule has 0 aliphatic carbocycles. The van der Waals surface area contributed by atoms with E-state index in [2.05, 4.69) is 18.8 Å². The Labute approximate surface area is 107 Å². The molecule has 0 aliphatic heterocycles. The molecular weight excluding hydrogens is 234 g/mol. The molecule has 1 rings (SSSR count). The van der Waals surface area contributed by atoms with Crippen LogP contribution in [0.15, 0.2) is 18.2 Å². The van der Waals surface area contributed by atoms with Gasteiger partial charge in [-0.2, -0.15) is 0 Å². The number of pyridine rings is 1. The quantitative estimate of drug-likeness (QED) is 0.717. The third kappa shape index (κ3) is 5.75. The standard InChI is InChI=1S/C13H19NO4/c1-10(2)8-17-6-7-18-9-11-4-3-5-12(14-11)13(15)16/h3-5,10H,6-9H2,1-2H3,(H,15,16). The van der Waals surface area contributed by atoms with Crippen molar-refractivity contribution in [3.05, 3.63) is 29.6 Å². The number of rotatable bonds is 8. The lowest BCUT2D eigenvalue weighted by Crippen LogP contribution is -2.09. The molecular formula is C13H19NO4. The minimum absolute atomic E-state index is 0.0344. The van der Waals surface area contributed by atoms with Gasteiger partial charge in [0.15, 0.2) is 0 Å². The van der Waals surface area contributed by atoms with Crippen LogP contribution in [0.5, 0.6) is 0 Å². The highest BCUT2D eigenvalue weighted by Gasteiger charge is 2.04. The van der Waals surface area contributed by atoms with Crippen LogP contribution in [-0.2, 0) is 16.1 Å². The summed E-state index contributed by atoms with van der Waals surface area (Å²) in [7, 11) is 0. The summed E-state index contributed by atoms with van der Waals surface area (Å²) in [5.41, 5.74) is 0.644. The van der Waals surface area contributed by atoms with Gasteiger partial charge in [-0.05, 0) is 18.1 Å². The summed E-state index contributed by atoms with van der Waals surface area (Å²) in [5.74, 6) is -0.518. The van der Waals surface area contributed by atoms with Crippen molar-refractivity contribution in [3.8, 4) is 0 Å². The van der Waals surface area contributed by atoms with Crippen LogP contribution in [0.4, 0.5) is 0 Å². The van der Waals surface area contributed by atoms with Crippen molar-refractivity contribution in [2.24, 2.45) is 5.92 Å². The topological polar surface area (TPSA) is 68.7 Å². The van der Waals surface area contributed by atoms with Gasteiger partial charge in [0, 0.05) is 6.61 Å². The zero-order valence-corrected chi connectivity index (χ0v) is 10.8. The number of carbonyl (C=O) groups is 1. The van der Waals surface area contributed by atoms with Crippen molar-refractivity contribution >= 4 is 5.97 Å². The van der Waals surface area contributed by atoms with Gasteiger partial charge in [0.05, 0.1) is 25.5 Å². The first-order valence-electron chi connectivity index (χ1n) is 5.94. The molecule has 0 amide bonds. The monoisotopic (exact) mass is 253 g/mol. The van der Waals surface area contributed by atoms with Gasteiger partial charge in [-0.1, -0.05) is 19.9 Å². The Morgan fingerprint density at radius 2 is 2.06 bits per heavy atom. The molecule has 1 heterocycles. The molecule has 18 heavy (non-hydrogen) atoms. The van der Waals surface area contributed by atoms with E-state index in [9.17, 15) is 4.79 Å². The van der Waals surface area contributed by atoms with Crippen LogP contribution in [0.3, 0.4) is 0 Å². The average Bonchev–Trinajstić information content (AvgIpc) is 2.33. The van der Waals surface area contributed by atoms with E-state index in [1.54, 1.807) is 12.1 Å². The van der Waals surface area contributed by atoms with Gasteiger partial charge in [0.25, 0.3) is 0 Å². The van der Waals surface area contributed by atoms with E-state index in [1.165, 1.54) is 6.07 Å². The fraction of sp³-hybridized carbons (Fsp3) is 0.538.